The van der Waals surface area contributed by atoms with Gasteiger partial charge < -0.3 is 14.2 Å². The van der Waals surface area contributed by atoms with Crippen LogP contribution in [0.2, 0.25) is 0 Å². The SMILES string of the molecule is CCOC(=O)Cc1cn(-c2c(F)cc(OC)cc2F)c(NC(=O)c2ccc(OC(F)F)cc2)n1. The number of anilines is 1. The first-order chi connectivity index (χ1) is 16.2. The fourth-order valence-electron chi connectivity index (χ4n) is 2.98. The number of benzene rings is 2. The number of aromatic nitrogens is 2. The van der Waals surface area contributed by atoms with Crippen molar-refractivity contribution < 1.29 is 41.4 Å². The fourth-order valence-corrected chi connectivity index (χ4v) is 2.98. The van der Waals surface area contributed by atoms with Gasteiger partial charge in [0.15, 0.2) is 11.6 Å². The molecule has 0 bridgehead atoms. The van der Waals surface area contributed by atoms with Gasteiger partial charge >= 0.3 is 12.6 Å². The summed E-state index contributed by atoms with van der Waals surface area (Å²) in [4.78, 5) is 28.6. The zero-order valence-corrected chi connectivity index (χ0v) is 18.0. The van der Waals surface area contributed by atoms with E-state index >= 15 is 0 Å². The van der Waals surface area contributed by atoms with E-state index in [9.17, 15) is 27.2 Å². The maximum atomic E-state index is 14.7. The summed E-state index contributed by atoms with van der Waals surface area (Å²) in [5, 5.41) is 2.40. The molecule has 3 aromatic rings. The van der Waals surface area contributed by atoms with Crippen LogP contribution in [0.15, 0.2) is 42.6 Å². The minimum absolute atomic E-state index is 0.0267. The molecule has 0 atom stereocenters. The predicted octanol–water partition coefficient (Wildman–Crippen LogP) is 4.12. The highest BCUT2D eigenvalue weighted by molar-refractivity contribution is 6.03. The van der Waals surface area contributed by atoms with Crippen LogP contribution in [0.4, 0.5) is 23.5 Å². The van der Waals surface area contributed by atoms with Gasteiger partial charge in [0, 0.05) is 23.9 Å². The highest BCUT2D eigenvalue weighted by Crippen LogP contribution is 2.27. The van der Waals surface area contributed by atoms with Gasteiger partial charge in [0.25, 0.3) is 5.91 Å². The van der Waals surface area contributed by atoms with Crippen molar-refractivity contribution in [1.82, 2.24) is 9.55 Å². The van der Waals surface area contributed by atoms with Gasteiger partial charge in [-0.15, -0.1) is 0 Å². The molecule has 0 saturated heterocycles. The quantitative estimate of drug-likeness (QED) is 0.365. The third kappa shape index (κ3) is 5.82. The molecule has 0 unspecified atom stereocenters. The highest BCUT2D eigenvalue weighted by Gasteiger charge is 2.21. The Morgan fingerprint density at radius 1 is 1.09 bits per heavy atom. The molecule has 0 aliphatic carbocycles. The van der Waals surface area contributed by atoms with Crippen molar-refractivity contribution in [2.75, 3.05) is 19.0 Å². The van der Waals surface area contributed by atoms with Gasteiger partial charge in [-0.2, -0.15) is 8.78 Å². The summed E-state index contributed by atoms with van der Waals surface area (Å²) < 4.78 is 68.9. The Kier molecular flexibility index (Phi) is 7.71. The Morgan fingerprint density at radius 2 is 1.74 bits per heavy atom. The van der Waals surface area contributed by atoms with Crippen LogP contribution in [0.3, 0.4) is 0 Å². The average Bonchev–Trinajstić information content (AvgIpc) is 3.14. The van der Waals surface area contributed by atoms with Crippen molar-refractivity contribution in [3.05, 3.63) is 65.5 Å². The zero-order chi connectivity index (χ0) is 24.8. The van der Waals surface area contributed by atoms with E-state index in [1.165, 1.54) is 25.4 Å². The van der Waals surface area contributed by atoms with Crippen molar-refractivity contribution in [2.24, 2.45) is 0 Å². The normalized spacial score (nSPS) is 10.8. The Balaban J connectivity index is 1.96. The molecule has 1 aromatic heterocycles. The number of methoxy groups -OCH3 is 1. The van der Waals surface area contributed by atoms with Crippen LogP contribution in [-0.2, 0) is 16.0 Å². The molecule has 0 spiro atoms. The second kappa shape index (κ2) is 10.7. The number of imidazole rings is 1. The standard InChI is InChI=1S/C22H19F4N3O5/c1-3-33-18(30)8-13-11-29(19-16(23)9-15(32-2)10-17(19)24)22(27-13)28-20(31)12-4-6-14(7-5-12)34-21(25)26/h4-7,9-11,21H,3,8H2,1-2H3,(H,27,28,31). The molecular formula is C22H19F4N3O5. The summed E-state index contributed by atoms with van der Waals surface area (Å²) in [6.07, 6.45) is 0.864. The number of hydrogen-bond acceptors (Lipinski definition) is 6. The van der Waals surface area contributed by atoms with Crippen molar-refractivity contribution in [1.29, 1.82) is 0 Å². The monoisotopic (exact) mass is 481 g/mol. The third-order valence-corrected chi connectivity index (χ3v) is 4.42. The number of alkyl halides is 2. The molecule has 0 aliphatic heterocycles. The van der Waals surface area contributed by atoms with E-state index < -0.39 is 35.8 Å². The molecule has 12 heteroatoms. The summed E-state index contributed by atoms with van der Waals surface area (Å²) in [7, 11) is 1.24. The molecule has 0 saturated carbocycles. The molecule has 1 amide bonds. The minimum Gasteiger partial charge on any atom is -0.497 e. The summed E-state index contributed by atoms with van der Waals surface area (Å²) in [5.74, 6) is -3.93. The van der Waals surface area contributed by atoms with E-state index in [0.717, 1.165) is 28.8 Å². The van der Waals surface area contributed by atoms with Crippen LogP contribution >= 0.6 is 0 Å². The summed E-state index contributed by atoms with van der Waals surface area (Å²) >= 11 is 0. The van der Waals surface area contributed by atoms with Gasteiger partial charge in [-0.1, -0.05) is 0 Å². The summed E-state index contributed by atoms with van der Waals surface area (Å²) in [5.41, 5.74) is -0.470. The van der Waals surface area contributed by atoms with Gasteiger partial charge in [0.05, 0.1) is 25.8 Å². The lowest BCUT2D eigenvalue weighted by Gasteiger charge is -2.12. The van der Waals surface area contributed by atoms with Crippen LogP contribution < -0.4 is 14.8 Å². The van der Waals surface area contributed by atoms with Gasteiger partial charge in [0.1, 0.15) is 17.2 Å². The van der Waals surface area contributed by atoms with E-state index in [4.69, 9.17) is 9.47 Å². The highest BCUT2D eigenvalue weighted by atomic mass is 19.3. The van der Waals surface area contributed by atoms with E-state index in [0.29, 0.717) is 0 Å². The van der Waals surface area contributed by atoms with Gasteiger partial charge in [-0.25, -0.2) is 13.8 Å². The number of amides is 1. The lowest BCUT2D eigenvalue weighted by Crippen LogP contribution is -2.16. The summed E-state index contributed by atoms with van der Waals surface area (Å²) in [6.45, 7) is -1.29. The smallest absolute Gasteiger partial charge is 0.387 e. The number of carbonyl (C=O) groups is 2. The van der Waals surface area contributed by atoms with Crippen LogP contribution in [0, 0.1) is 11.6 Å². The van der Waals surface area contributed by atoms with Crippen LogP contribution in [-0.4, -0.2) is 41.8 Å². The molecule has 8 nitrogen and oxygen atoms in total. The van der Waals surface area contributed by atoms with Gasteiger partial charge in [-0.3, -0.25) is 19.5 Å². The number of rotatable bonds is 9. The Bertz CT molecular complexity index is 1160. The fraction of sp³-hybridized carbons (Fsp3) is 0.227. The molecule has 34 heavy (non-hydrogen) atoms. The second-order valence-corrected chi connectivity index (χ2v) is 6.70. The van der Waals surface area contributed by atoms with E-state index in [1.54, 1.807) is 6.92 Å². The molecule has 0 radical (unpaired) electrons. The van der Waals surface area contributed by atoms with Crippen molar-refractivity contribution in [2.45, 2.75) is 20.0 Å². The first-order valence-corrected chi connectivity index (χ1v) is 9.85. The van der Waals surface area contributed by atoms with Gasteiger partial charge in [0.2, 0.25) is 5.95 Å². The van der Waals surface area contributed by atoms with Crippen LogP contribution in [0.5, 0.6) is 11.5 Å². The van der Waals surface area contributed by atoms with Crippen LogP contribution in [0.25, 0.3) is 5.69 Å². The van der Waals surface area contributed by atoms with Gasteiger partial charge in [-0.05, 0) is 31.2 Å². The number of nitrogens with one attached hydrogen (secondary N) is 1. The first kappa shape index (κ1) is 24.6. The summed E-state index contributed by atoms with van der Waals surface area (Å²) in [6, 6.07) is 6.63. The maximum Gasteiger partial charge on any atom is 0.387 e. The molecule has 3 rings (SSSR count). The molecule has 0 fully saturated rings. The van der Waals surface area contributed by atoms with E-state index in [-0.39, 0.29) is 41.7 Å². The molecule has 180 valence electrons. The lowest BCUT2D eigenvalue weighted by molar-refractivity contribution is -0.142. The predicted molar refractivity (Wildman–Crippen MR) is 111 cm³/mol. The molecule has 2 aromatic carbocycles. The number of hydrogen-bond donors (Lipinski definition) is 1. The topological polar surface area (TPSA) is 91.7 Å². The average molecular weight is 481 g/mol. The minimum atomic E-state index is -3.03. The number of halogens is 4. The van der Waals surface area contributed by atoms with Crippen molar-refractivity contribution >= 4 is 17.8 Å². The van der Waals surface area contributed by atoms with Crippen molar-refractivity contribution in [3.8, 4) is 17.2 Å². The molecular weight excluding hydrogens is 462 g/mol. The first-order valence-electron chi connectivity index (χ1n) is 9.85. The second-order valence-electron chi connectivity index (χ2n) is 6.70. The van der Waals surface area contributed by atoms with Crippen molar-refractivity contribution in [3.63, 3.8) is 0 Å². The Morgan fingerprint density at radius 3 is 2.29 bits per heavy atom. The molecule has 0 aliphatic rings. The largest absolute Gasteiger partial charge is 0.497 e. The van der Waals surface area contributed by atoms with E-state index in [1.807, 2.05) is 0 Å². The third-order valence-electron chi connectivity index (χ3n) is 4.42. The number of nitrogens with zero attached hydrogens (tertiary/aromatic N) is 2. The Hall–Kier alpha value is -4.09. The maximum absolute atomic E-state index is 14.7. The number of esters is 1. The molecule has 1 heterocycles. The number of ether oxygens (including phenoxy) is 3. The number of carbonyl (C=O) groups excluding carboxylic acids is 2. The lowest BCUT2D eigenvalue weighted by atomic mass is 10.2. The zero-order valence-electron chi connectivity index (χ0n) is 18.0. The Labute approximate surface area is 191 Å². The molecule has 1 N–H and O–H groups in total. The van der Waals surface area contributed by atoms with E-state index in [2.05, 4.69) is 15.0 Å². The van der Waals surface area contributed by atoms with Crippen LogP contribution in [0.1, 0.15) is 23.0 Å².